The fourth-order valence-electron chi connectivity index (χ4n) is 1.18. The summed E-state index contributed by atoms with van der Waals surface area (Å²) in [6.07, 6.45) is 0. The Balaban J connectivity index is 2.95. The summed E-state index contributed by atoms with van der Waals surface area (Å²) in [6.45, 7) is 0.698. The first-order valence-electron chi connectivity index (χ1n) is 4.07. The van der Waals surface area contributed by atoms with Gasteiger partial charge in [0.15, 0.2) is 0 Å². The van der Waals surface area contributed by atoms with Crippen molar-refractivity contribution < 1.29 is 9.47 Å². The molecular formula is C10H14BiO2. The van der Waals surface area contributed by atoms with Crippen molar-refractivity contribution in [3.63, 3.8) is 0 Å². The van der Waals surface area contributed by atoms with Crippen molar-refractivity contribution in [3.05, 3.63) is 23.8 Å². The number of hydrogen-bond acceptors (Lipinski definition) is 2. The van der Waals surface area contributed by atoms with Crippen LogP contribution in [0.3, 0.4) is 0 Å². The number of benzene rings is 1. The van der Waals surface area contributed by atoms with Gasteiger partial charge in [-0.15, -0.1) is 0 Å². The zero-order valence-electron chi connectivity index (χ0n) is 8.20. The molecule has 0 unspecified atom stereocenters. The van der Waals surface area contributed by atoms with E-state index in [1.165, 1.54) is 8.83 Å². The van der Waals surface area contributed by atoms with Gasteiger partial charge in [0.05, 0.1) is 0 Å². The van der Waals surface area contributed by atoms with Crippen LogP contribution in [0.5, 0.6) is 5.75 Å². The molecule has 0 aliphatic heterocycles. The van der Waals surface area contributed by atoms with Crippen LogP contribution in [-0.4, -0.2) is 37.5 Å². The van der Waals surface area contributed by atoms with E-state index in [4.69, 9.17) is 9.47 Å². The molecule has 3 heteroatoms. The molecule has 0 fully saturated rings. The van der Waals surface area contributed by atoms with Gasteiger partial charge in [0.2, 0.25) is 0 Å². The molecule has 0 N–H and O–H groups in total. The van der Waals surface area contributed by atoms with E-state index in [2.05, 4.69) is 16.8 Å². The molecule has 1 radical (unpaired) electrons. The van der Waals surface area contributed by atoms with Crippen molar-refractivity contribution in [2.24, 2.45) is 0 Å². The Morgan fingerprint density at radius 2 is 2.08 bits per heavy atom. The molecular weight excluding hydrogens is 361 g/mol. The number of ether oxygens (including phenoxy) is 2. The van der Waals surface area contributed by atoms with Crippen LogP contribution in [0.4, 0.5) is 0 Å². The van der Waals surface area contributed by atoms with E-state index in [-0.39, 0.29) is 0 Å². The molecule has 1 rings (SSSR count). The topological polar surface area (TPSA) is 18.5 Å². The fourth-order valence-corrected chi connectivity index (χ4v) is 3.67. The third-order valence-electron chi connectivity index (χ3n) is 1.83. The zero-order valence-corrected chi connectivity index (χ0v) is 11.7. The number of hydrogen-bond donors (Lipinski definition) is 0. The molecule has 2 nitrogen and oxygen atoms in total. The Labute approximate surface area is 90.8 Å². The SMILES string of the molecule is COCc1cc(OC)cc[c]1[Bi][CH3]. The molecule has 1 aromatic carbocycles. The van der Waals surface area contributed by atoms with Gasteiger partial charge in [-0.1, -0.05) is 0 Å². The van der Waals surface area contributed by atoms with Crippen molar-refractivity contribution in [2.45, 2.75) is 11.2 Å². The van der Waals surface area contributed by atoms with Gasteiger partial charge < -0.3 is 0 Å². The van der Waals surface area contributed by atoms with E-state index in [1.807, 2.05) is 6.07 Å². The Morgan fingerprint density at radius 3 is 2.62 bits per heavy atom. The molecule has 0 spiro atoms. The number of rotatable bonds is 4. The molecule has 0 heterocycles. The summed E-state index contributed by atoms with van der Waals surface area (Å²) >= 11 is -0.461. The zero-order chi connectivity index (χ0) is 9.68. The first kappa shape index (κ1) is 10.9. The van der Waals surface area contributed by atoms with Gasteiger partial charge in [-0.25, -0.2) is 0 Å². The van der Waals surface area contributed by atoms with Gasteiger partial charge in [-0.05, 0) is 0 Å². The standard InChI is InChI=1S/C9H11O2.CH3.Bi/c1-10-7-8-4-3-5-9(6-8)11-2;;/h3,5-6H,7H2,1-2H3;1H3;. The average Bonchev–Trinajstić information content (AvgIpc) is 2.18. The van der Waals surface area contributed by atoms with Crippen LogP contribution in [0, 0.1) is 0 Å². The minimum absolute atomic E-state index is 0.461. The van der Waals surface area contributed by atoms with E-state index in [9.17, 15) is 0 Å². The van der Waals surface area contributed by atoms with Crippen LogP contribution in [-0.2, 0) is 11.3 Å². The van der Waals surface area contributed by atoms with Crippen LogP contribution in [0.15, 0.2) is 18.2 Å². The van der Waals surface area contributed by atoms with Gasteiger partial charge in [-0.3, -0.25) is 0 Å². The molecule has 0 aliphatic rings. The van der Waals surface area contributed by atoms with E-state index >= 15 is 0 Å². The van der Waals surface area contributed by atoms with Crippen LogP contribution in [0.2, 0.25) is 4.63 Å². The molecule has 0 aromatic heterocycles. The van der Waals surface area contributed by atoms with Crippen LogP contribution < -0.4 is 8.01 Å². The molecule has 0 aliphatic carbocycles. The van der Waals surface area contributed by atoms with E-state index in [0.29, 0.717) is 6.61 Å². The van der Waals surface area contributed by atoms with Crippen molar-refractivity contribution in [3.8, 4) is 5.75 Å². The summed E-state index contributed by atoms with van der Waals surface area (Å²) in [5.41, 5.74) is 1.29. The fraction of sp³-hybridized carbons (Fsp3) is 0.400. The molecule has 0 bridgehead atoms. The second kappa shape index (κ2) is 5.56. The Hall–Kier alpha value is -0.137. The Kier molecular flexibility index (Phi) is 4.68. The van der Waals surface area contributed by atoms with Gasteiger partial charge in [0.1, 0.15) is 0 Å². The van der Waals surface area contributed by atoms with Gasteiger partial charge in [0.25, 0.3) is 0 Å². The molecule has 1 aromatic rings. The van der Waals surface area contributed by atoms with Gasteiger partial charge in [-0.2, -0.15) is 0 Å². The molecule has 0 saturated carbocycles. The van der Waals surface area contributed by atoms with Crippen molar-refractivity contribution in [2.75, 3.05) is 14.2 Å². The summed E-state index contributed by atoms with van der Waals surface area (Å²) in [5, 5.41) is 0. The predicted molar refractivity (Wildman–Crippen MR) is 55.0 cm³/mol. The maximum atomic E-state index is 5.17. The predicted octanol–water partition coefficient (Wildman–Crippen LogP) is 1.22. The first-order valence-corrected chi connectivity index (χ1v) is 9.29. The number of methoxy groups -OCH3 is 2. The van der Waals surface area contributed by atoms with E-state index in [1.54, 1.807) is 14.2 Å². The summed E-state index contributed by atoms with van der Waals surface area (Å²) < 4.78 is 14.1. The summed E-state index contributed by atoms with van der Waals surface area (Å²) in [4.78, 5) is 0. The molecule has 0 saturated heterocycles. The van der Waals surface area contributed by atoms with Crippen LogP contribution in [0.25, 0.3) is 0 Å². The van der Waals surface area contributed by atoms with Crippen LogP contribution >= 0.6 is 0 Å². The third-order valence-corrected chi connectivity index (χ3v) is 5.40. The normalized spacial score (nSPS) is 10.1. The summed E-state index contributed by atoms with van der Waals surface area (Å²) in [7, 11) is 3.42. The Morgan fingerprint density at radius 1 is 1.31 bits per heavy atom. The summed E-state index contributed by atoms with van der Waals surface area (Å²) in [5.74, 6) is 0.922. The second-order valence-electron chi connectivity index (χ2n) is 2.65. The molecule has 0 amide bonds. The molecule has 0 atom stereocenters. The van der Waals surface area contributed by atoms with Crippen molar-refractivity contribution >= 4 is 26.5 Å². The van der Waals surface area contributed by atoms with Crippen molar-refractivity contribution in [1.29, 1.82) is 0 Å². The maximum absolute atomic E-state index is 5.17. The quantitative estimate of drug-likeness (QED) is 0.737. The van der Waals surface area contributed by atoms with Crippen molar-refractivity contribution in [1.82, 2.24) is 0 Å². The monoisotopic (exact) mass is 375 g/mol. The second-order valence-corrected chi connectivity index (χ2v) is 6.26. The average molecular weight is 375 g/mol. The van der Waals surface area contributed by atoms with Gasteiger partial charge >= 0.3 is 91.0 Å². The molecule has 71 valence electrons. The third kappa shape index (κ3) is 2.93. The Bertz CT molecular complexity index is 274. The van der Waals surface area contributed by atoms with Gasteiger partial charge in [0, 0.05) is 0 Å². The minimum atomic E-state index is -0.461. The molecule has 13 heavy (non-hydrogen) atoms. The first-order chi connectivity index (χ1) is 6.31. The van der Waals surface area contributed by atoms with E-state index < -0.39 is 23.2 Å². The summed E-state index contributed by atoms with van der Waals surface area (Å²) in [6, 6.07) is 6.28. The van der Waals surface area contributed by atoms with E-state index in [0.717, 1.165) is 5.75 Å². The van der Waals surface area contributed by atoms with Crippen LogP contribution in [0.1, 0.15) is 5.56 Å².